The van der Waals surface area contributed by atoms with E-state index in [9.17, 15) is 9.59 Å². The maximum atomic E-state index is 12.7. The predicted octanol–water partition coefficient (Wildman–Crippen LogP) is 2.85. The molecule has 0 unspecified atom stereocenters. The van der Waals surface area contributed by atoms with Gasteiger partial charge in [0.2, 0.25) is 11.8 Å². The third kappa shape index (κ3) is 4.82. The Bertz CT molecular complexity index is 866. The quantitative estimate of drug-likeness (QED) is 0.836. The highest BCUT2D eigenvalue weighted by Crippen LogP contribution is 2.27. The number of carbonyl (C=O) groups is 2. The van der Waals surface area contributed by atoms with Gasteiger partial charge in [0.05, 0.1) is 20.2 Å². The minimum atomic E-state index is -0.237. The van der Waals surface area contributed by atoms with E-state index in [1.54, 1.807) is 32.4 Å². The number of likely N-dealkylation sites (N-methyl/N-ethyl adjacent to an activating group) is 1. The normalized spacial score (nSPS) is 12.9. The minimum Gasteiger partial charge on any atom is -0.497 e. The lowest BCUT2D eigenvalue weighted by molar-refractivity contribution is -0.132. The first-order valence-electron chi connectivity index (χ1n) is 9.48. The number of hydrogen-bond donors (Lipinski definition) is 1. The van der Waals surface area contributed by atoms with Gasteiger partial charge in [-0.25, -0.2) is 0 Å². The van der Waals surface area contributed by atoms with Gasteiger partial charge in [-0.1, -0.05) is 23.8 Å². The lowest BCUT2D eigenvalue weighted by atomic mass is 9.99. The van der Waals surface area contributed by atoms with Crippen molar-refractivity contribution in [1.82, 2.24) is 4.90 Å². The van der Waals surface area contributed by atoms with E-state index in [1.807, 2.05) is 6.07 Å². The van der Waals surface area contributed by atoms with Gasteiger partial charge in [-0.2, -0.15) is 0 Å². The van der Waals surface area contributed by atoms with Crippen LogP contribution in [0.1, 0.15) is 17.5 Å². The number of anilines is 2. The van der Waals surface area contributed by atoms with Crippen molar-refractivity contribution in [3.8, 4) is 5.75 Å². The van der Waals surface area contributed by atoms with Crippen LogP contribution in [-0.2, 0) is 16.0 Å². The van der Waals surface area contributed by atoms with Crippen LogP contribution >= 0.6 is 0 Å². The van der Waals surface area contributed by atoms with Crippen LogP contribution in [0, 0.1) is 6.92 Å². The van der Waals surface area contributed by atoms with E-state index in [2.05, 4.69) is 35.3 Å². The Balaban J connectivity index is 1.57. The zero-order valence-corrected chi connectivity index (χ0v) is 16.7. The summed E-state index contributed by atoms with van der Waals surface area (Å²) in [6.07, 6.45) is 2.07. The summed E-state index contributed by atoms with van der Waals surface area (Å²) in [6, 6.07) is 13.5. The molecule has 0 spiro atoms. The summed E-state index contributed by atoms with van der Waals surface area (Å²) in [5.41, 5.74) is 4.29. The summed E-state index contributed by atoms with van der Waals surface area (Å²) in [7, 11) is 3.24. The second kappa shape index (κ2) is 8.78. The van der Waals surface area contributed by atoms with Crippen molar-refractivity contribution in [2.75, 3.05) is 44.0 Å². The molecule has 1 aliphatic rings. The monoisotopic (exact) mass is 381 g/mol. The van der Waals surface area contributed by atoms with Gasteiger partial charge in [-0.15, -0.1) is 0 Å². The fourth-order valence-corrected chi connectivity index (χ4v) is 3.46. The van der Waals surface area contributed by atoms with Crippen LogP contribution in [0.25, 0.3) is 0 Å². The second-order valence-corrected chi connectivity index (χ2v) is 7.19. The number of rotatable bonds is 6. The molecule has 0 radical (unpaired) electrons. The topological polar surface area (TPSA) is 61.9 Å². The number of aryl methyl sites for hydroxylation is 2. The maximum absolute atomic E-state index is 12.7. The number of benzene rings is 2. The largest absolute Gasteiger partial charge is 0.497 e. The molecule has 28 heavy (non-hydrogen) atoms. The number of carbonyl (C=O) groups excluding carboxylic acids is 2. The van der Waals surface area contributed by atoms with Gasteiger partial charge in [0.25, 0.3) is 0 Å². The van der Waals surface area contributed by atoms with Gasteiger partial charge in [-0.05, 0) is 43.5 Å². The maximum Gasteiger partial charge on any atom is 0.243 e. The van der Waals surface area contributed by atoms with Crippen molar-refractivity contribution in [3.05, 3.63) is 53.6 Å². The fourth-order valence-electron chi connectivity index (χ4n) is 3.46. The molecule has 2 amide bonds. The first-order chi connectivity index (χ1) is 13.5. The number of hydrogen-bond acceptors (Lipinski definition) is 4. The van der Waals surface area contributed by atoms with Gasteiger partial charge in [0.15, 0.2) is 0 Å². The molecule has 3 rings (SSSR count). The molecule has 0 saturated carbocycles. The minimum absolute atomic E-state index is 0.00460. The third-order valence-corrected chi connectivity index (χ3v) is 4.94. The van der Waals surface area contributed by atoms with Gasteiger partial charge >= 0.3 is 0 Å². The number of nitrogens with one attached hydrogen (secondary N) is 1. The Morgan fingerprint density at radius 2 is 2.04 bits per heavy atom. The molecule has 0 atom stereocenters. The van der Waals surface area contributed by atoms with E-state index in [1.165, 1.54) is 16.0 Å². The summed E-state index contributed by atoms with van der Waals surface area (Å²) < 4.78 is 5.15. The van der Waals surface area contributed by atoms with Gasteiger partial charge < -0.3 is 19.9 Å². The van der Waals surface area contributed by atoms with Crippen molar-refractivity contribution in [2.24, 2.45) is 0 Å². The van der Waals surface area contributed by atoms with Crippen molar-refractivity contribution in [1.29, 1.82) is 0 Å². The number of fused-ring (bicyclic) bond motifs is 1. The lowest BCUT2D eigenvalue weighted by Crippen LogP contribution is -2.43. The number of ether oxygens (including phenoxy) is 1. The highest BCUT2D eigenvalue weighted by atomic mass is 16.5. The molecule has 1 N–H and O–H groups in total. The average Bonchev–Trinajstić information content (AvgIpc) is 2.67. The van der Waals surface area contributed by atoms with E-state index in [0.717, 1.165) is 25.1 Å². The zero-order chi connectivity index (χ0) is 20.1. The Hall–Kier alpha value is -3.02. The van der Waals surface area contributed by atoms with Crippen LogP contribution in [0.2, 0.25) is 0 Å². The van der Waals surface area contributed by atoms with Crippen LogP contribution in [0.4, 0.5) is 11.4 Å². The van der Waals surface area contributed by atoms with Crippen molar-refractivity contribution < 1.29 is 14.3 Å². The van der Waals surface area contributed by atoms with E-state index in [-0.39, 0.29) is 24.9 Å². The molecular formula is C22H27N3O3. The smallest absolute Gasteiger partial charge is 0.243 e. The van der Waals surface area contributed by atoms with Crippen LogP contribution in [-0.4, -0.2) is 50.5 Å². The zero-order valence-electron chi connectivity index (χ0n) is 16.7. The summed E-state index contributed by atoms with van der Waals surface area (Å²) in [4.78, 5) is 28.5. The van der Waals surface area contributed by atoms with E-state index >= 15 is 0 Å². The number of nitrogens with zero attached hydrogens (tertiary/aromatic N) is 2. The second-order valence-electron chi connectivity index (χ2n) is 7.19. The molecule has 2 aromatic carbocycles. The number of amides is 2. The average molecular weight is 381 g/mol. The Morgan fingerprint density at radius 1 is 1.21 bits per heavy atom. The molecule has 0 fully saturated rings. The van der Waals surface area contributed by atoms with Gasteiger partial charge in [0, 0.05) is 31.0 Å². The number of methoxy groups -OCH3 is 1. The molecule has 1 aliphatic heterocycles. The third-order valence-electron chi connectivity index (χ3n) is 4.94. The molecule has 148 valence electrons. The Kier molecular flexibility index (Phi) is 6.19. The SMILES string of the molecule is COc1cccc(NC(=O)CN(C)C(=O)CN2CCCc3cc(C)ccc32)c1. The van der Waals surface area contributed by atoms with Gasteiger partial charge in [0.1, 0.15) is 5.75 Å². The van der Waals surface area contributed by atoms with Crippen LogP contribution in [0.3, 0.4) is 0 Å². The summed E-state index contributed by atoms with van der Waals surface area (Å²) in [5.74, 6) is 0.356. The Labute approximate surface area is 166 Å². The highest BCUT2D eigenvalue weighted by molar-refractivity contribution is 5.95. The first-order valence-corrected chi connectivity index (χ1v) is 9.48. The molecule has 6 nitrogen and oxygen atoms in total. The van der Waals surface area contributed by atoms with Crippen LogP contribution in [0.5, 0.6) is 5.75 Å². The van der Waals surface area contributed by atoms with Crippen molar-refractivity contribution in [3.63, 3.8) is 0 Å². The molecular weight excluding hydrogens is 354 g/mol. The molecule has 6 heteroatoms. The van der Waals surface area contributed by atoms with E-state index in [4.69, 9.17) is 4.74 Å². The molecule has 2 aromatic rings. The summed E-state index contributed by atoms with van der Waals surface area (Å²) in [5, 5.41) is 2.80. The molecule has 1 heterocycles. The van der Waals surface area contributed by atoms with Gasteiger partial charge in [-0.3, -0.25) is 9.59 Å². The van der Waals surface area contributed by atoms with E-state index < -0.39 is 0 Å². The predicted molar refractivity (Wildman–Crippen MR) is 111 cm³/mol. The Morgan fingerprint density at radius 3 is 2.82 bits per heavy atom. The molecule has 0 aromatic heterocycles. The van der Waals surface area contributed by atoms with Crippen molar-refractivity contribution >= 4 is 23.2 Å². The summed E-state index contributed by atoms with van der Waals surface area (Å²) >= 11 is 0. The first kappa shape index (κ1) is 19.7. The lowest BCUT2D eigenvalue weighted by Gasteiger charge is -2.32. The fraction of sp³-hybridized carbons (Fsp3) is 0.364. The van der Waals surface area contributed by atoms with Crippen molar-refractivity contribution in [2.45, 2.75) is 19.8 Å². The van der Waals surface area contributed by atoms with E-state index in [0.29, 0.717) is 11.4 Å². The molecule has 0 saturated heterocycles. The summed E-state index contributed by atoms with van der Waals surface area (Å²) in [6.45, 7) is 3.22. The molecule has 0 aliphatic carbocycles. The van der Waals surface area contributed by atoms with Crippen LogP contribution < -0.4 is 15.0 Å². The standard InChI is InChI=1S/C22H27N3O3/c1-16-9-10-20-17(12-16)6-5-11-25(20)15-22(27)24(2)14-21(26)23-18-7-4-8-19(13-18)28-3/h4,7-10,12-13H,5-6,11,14-15H2,1-3H3,(H,23,26). The van der Waals surface area contributed by atoms with Crippen LogP contribution in [0.15, 0.2) is 42.5 Å². The molecule has 0 bridgehead atoms. The highest BCUT2D eigenvalue weighted by Gasteiger charge is 2.21.